The maximum absolute atomic E-state index is 13.9. The average molecular weight is 462 g/mol. The Morgan fingerprint density at radius 2 is 2.14 bits per heavy atom. The molecule has 0 bridgehead atoms. The van der Waals surface area contributed by atoms with E-state index in [0.717, 1.165) is 12.5 Å². The molecule has 1 amide bonds. The van der Waals surface area contributed by atoms with Gasteiger partial charge < -0.3 is 9.47 Å². The third kappa shape index (κ3) is 6.03. The van der Waals surface area contributed by atoms with Gasteiger partial charge in [-0.25, -0.2) is 9.82 Å². The molecule has 0 spiro atoms. The van der Waals surface area contributed by atoms with Crippen molar-refractivity contribution in [3.63, 3.8) is 0 Å². The van der Waals surface area contributed by atoms with Gasteiger partial charge in [0.25, 0.3) is 5.91 Å². The molecule has 8 heteroatoms. The number of nitriles is 1. The lowest BCUT2D eigenvalue weighted by Crippen LogP contribution is -2.19. The van der Waals surface area contributed by atoms with Crippen LogP contribution in [-0.2, 0) is 0 Å². The lowest BCUT2D eigenvalue weighted by molar-refractivity contribution is 0.0951. The Hall–Kier alpha value is -2.92. The number of nitrogens with one attached hydrogen (secondary N) is 1. The van der Waals surface area contributed by atoms with Gasteiger partial charge in [0.15, 0.2) is 11.5 Å². The van der Waals surface area contributed by atoms with Crippen molar-refractivity contribution >= 4 is 28.1 Å². The zero-order valence-corrected chi connectivity index (χ0v) is 17.9. The number of benzene rings is 2. The predicted molar refractivity (Wildman–Crippen MR) is 112 cm³/mol. The second kappa shape index (κ2) is 10.6. The average Bonchev–Trinajstić information content (AvgIpc) is 2.70. The van der Waals surface area contributed by atoms with Gasteiger partial charge in [-0.15, -0.1) is 0 Å². The van der Waals surface area contributed by atoms with E-state index in [1.807, 2.05) is 26.8 Å². The lowest BCUT2D eigenvalue weighted by Gasteiger charge is -2.18. The van der Waals surface area contributed by atoms with Crippen LogP contribution in [-0.4, -0.2) is 24.8 Å². The second-order valence-electron chi connectivity index (χ2n) is 6.11. The maximum Gasteiger partial charge on any atom is 0.274 e. The smallest absolute Gasteiger partial charge is 0.274 e. The molecule has 0 radical (unpaired) electrons. The molecule has 0 aliphatic heterocycles. The van der Waals surface area contributed by atoms with Crippen molar-refractivity contribution in [1.82, 2.24) is 5.43 Å². The molecule has 152 valence electrons. The lowest BCUT2D eigenvalue weighted by atomic mass is 10.1. The van der Waals surface area contributed by atoms with Crippen molar-refractivity contribution in [3.8, 4) is 17.6 Å². The fourth-order valence-electron chi connectivity index (χ4n) is 2.32. The summed E-state index contributed by atoms with van der Waals surface area (Å²) in [4.78, 5) is 12.1. The van der Waals surface area contributed by atoms with Crippen LogP contribution in [0.15, 0.2) is 39.9 Å². The van der Waals surface area contributed by atoms with Crippen molar-refractivity contribution in [3.05, 3.63) is 57.3 Å². The van der Waals surface area contributed by atoms with E-state index >= 15 is 0 Å². The van der Waals surface area contributed by atoms with Gasteiger partial charge in [-0.2, -0.15) is 10.4 Å². The molecule has 0 heterocycles. The van der Waals surface area contributed by atoms with Crippen LogP contribution in [0.4, 0.5) is 4.39 Å². The van der Waals surface area contributed by atoms with E-state index < -0.39 is 11.7 Å². The second-order valence-corrected chi connectivity index (χ2v) is 6.96. The molecule has 0 saturated carbocycles. The Labute approximate surface area is 177 Å². The van der Waals surface area contributed by atoms with Crippen LogP contribution in [0.1, 0.15) is 48.7 Å². The minimum Gasteiger partial charge on any atom is -0.490 e. The summed E-state index contributed by atoms with van der Waals surface area (Å²) in [5.41, 5.74) is 2.86. The first-order valence-electron chi connectivity index (χ1n) is 9.05. The van der Waals surface area contributed by atoms with E-state index in [9.17, 15) is 9.18 Å². The number of hydrogen-bond donors (Lipinski definition) is 1. The van der Waals surface area contributed by atoms with Gasteiger partial charge in [0.05, 0.1) is 40.6 Å². The predicted octanol–water partition coefficient (Wildman–Crippen LogP) is 4.80. The van der Waals surface area contributed by atoms with Crippen molar-refractivity contribution in [2.75, 3.05) is 6.61 Å². The van der Waals surface area contributed by atoms with Crippen LogP contribution in [0.3, 0.4) is 0 Å². The van der Waals surface area contributed by atoms with Gasteiger partial charge in [0, 0.05) is 0 Å². The monoisotopic (exact) mass is 461 g/mol. The maximum atomic E-state index is 13.9. The van der Waals surface area contributed by atoms with Crippen molar-refractivity contribution < 1.29 is 18.7 Å². The molecule has 1 N–H and O–H groups in total. The summed E-state index contributed by atoms with van der Waals surface area (Å²) in [5, 5.41) is 12.6. The van der Waals surface area contributed by atoms with Gasteiger partial charge >= 0.3 is 0 Å². The summed E-state index contributed by atoms with van der Waals surface area (Å²) in [5.74, 6) is -0.358. The number of ether oxygens (including phenoxy) is 2. The molecule has 0 aliphatic carbocycles. The minimum absolute atomic E-state index is 0.0200. The third-order valence-corrected chi connectivity index (χ3v) is 4.54. The van der Waals surface area contributed by atoms with Crippen LogP contribution in [0, 0.1) is 17.1 Å². The molecule has 1 atom stereocenters. The van der Waals surface area contributed by atoms with Crippen LogP contribution in [0.2, 0.25) is 0 Å². The SMILES string of the molecule is CCOc1cc(/C=N\NC(=O)c2ccc(C#N)cc2F)cc(Br)c1O[C@H](C)CC. The number of hydrazone groups is 1. The highest BCUT2D eigenvalue weighted by molar-refractivity contribution is 9.10. The van der Waals surface area contributed by atoms with Crippen LogP contribution in [0.25, 0.3) is 0 Å². The van der Waals surface area contributed by atoms with E-state index in [1.54, 1.807) is 12.1 Å². The normalized spacial score (nSPS) is 11.7. The fourth-order valence-corrected chi connectivity index (χ4v) is 2.87. The summed E-state index contributed by atoms with van der Waals surface area (Å²) >= 11 is 3.48. The summed E-state index contributed by atoms with van der Waals surface area (Å²) in [6.07, 6.45) is 2.28. The standard InChI is InChI=1S/C21H21BrFN3O3/c1-4-13(3)29-20-17(22)8-15(10-19(20)28-5-2)12-25-26-21(27)16-7-6-14(11-24)9-18(16)23/h6-10,12-13H,4-5H2,1-3H3,(H,26,27)/b25-12-/t13-/m1/s1. The molecule has 6 nitrogen and oxygen atoms in total. The molecular formula is C21H21BrFN3O3. The highest BCUT2D eigenvalue weighted by Crippen LogP contribution is 2.37. The van der Waals surface area contributed by atoms with E-state index in [4.69, 9.17) is 14.7 Å². The molecule has 0 saturated heterocycles. The molecule has 0 fully saturated rings. The number of nitrogens with zero attached hydrogens (tertiary/aromatic N) is 2. The van der Waals surface area contributed by atoms with Crippen molar-refractivity contribution in [2.45, 2.75) is 33.3 Å². The number of hydrogen-bond acceptors (Lipinski definition) is 5. The number of amides is 1. The van der Waals surface area contributed by atoms with Gasteiger partial charge in [0.2, 0.25) is 0 Å². The van der Waals surface area contributed by atoms with Crippen LogP contribution >= 0.6 is 15.9 Å². The van der Waals surface area contributed by atoms with E-state index in [2.05, 4.69) is 26.5 Å². The molecule has 0 unspecified atom stereocenters. The topological polar surface area (TPSA) is 83.7 Å². The fraction of sp³-hybridized carbons (Fsp3) is 0.286. The highest BCUT2D eigenvalue weighted by Gasteiger charge is 2.15. The Balaban J connectivity index is 2.17. The Bertz CT molecular complexity index is 957. The number of rotatable bonds is 8. The number of carbonyl (C=O) groups excluding carboxylic acids is 1. The van der Waals surface area contributed by atoms with Gasteiger partial charge in [-0.3, -0.25) is 4.79 Å². The van der Waals surface area contributed by atoms with Crippen molar-refractivity contribution in [2.24, 2.45) is 5.10 Å². The van der Waals surface area contributed by atoms with E-state index in [-0.39, 0.29) is 17.2 Å². The summed E-state index contributed by atoms with van der Waals surface area (Å²) in [6.45, 7) is 6.32. The summed E-state index contributed by atoms with van der Waals surface area (Å²) in [7, 11) is 0. The van der Waals surface area contributed by atoms with Crippen LogP contribution < -0.4 is 14.9 Å². The molecule has 2 aromatic carbocycles. The largest absolute Gasteiger partial charge is 0.490 e. The first kappa shape index (κ1) is 22.4. The van der Waals surface area contributed by atoms with Crippen molar-refractivity contribution in [1.29, 1.82) is 5.26 Å². The molecule has 0 aromatic heterocycles. The Morgan fingerprint density at radius 3 is 2.76 bits per heavy atom. The molecule has 2 rings (SSSR count). The van der Waals surface area contributed by atoms with E-state index in [1.165, 1.54) is 18.3 Å². The minimum atomic E-state index is -0.787. The molecular weight excluding hydrogens is 441 g/mol. The molecule has 29 heavy (non-hydrogen) atoms. The van der Waals surface area contributed by atoms with Crippen LogP contribution in [0.5, 0.6) is 11.5 Å². The first-order chi connectivity index (χ1) is 13.9. The number of halogens is 2. The Morgan fingerprint density at radius 1 is 1.38 bits per heavy atom. The summed E-state index contributed by atoms with van der Waals surface area (Å²) in [6, 6.07) is 8.93. The van der Waals surface area contributed by atoms with Gasteiger partial charge in [-0.05, 0) is 72.1 Å². The Kier molecular flexibility index (Phi) is 8.16. The quantitative estimate of drug-likeness (QED) is 0.451. The molecule has 0 aliphatic rings. The van der Waals surface area contributed by atoms with Gasteiger partial charge in [-0.1, -0.05) is 6.92 Å². The zero-order valence-electron chi connectivity index (χ0n) is 16.3. The number of carbonyl (C=O) groups is 1. The summed E-state index contributed by atoms with van der Waals surface area (Å²) < 4.78 is 26.2. The first-order valence-corrected chi connectivity index (χ1v) is 9.84. The third-order valence-electron chi connectivity index (χ3n) is 3.95. The van der Waals surface area contributed by atoms with E-state index in [0.29, 0.717) is 28.1 Å². The van der Waals surface area contributed by atoms with Gasteiger partial charge in [0.1, 0.15) is 5.82 Å². The zero-order chi connectivity index (χ0) is 21.4. The molecule has 2 aromatic rings. The highest BCUT2D eigenvalue weighted by atomic mass is 79.9.